The number of amides is 1. The second-order valence-corrected chi connectivity index (χ2v) is 3.87. The summed E-state index contributed by atoms with van der Waals surface area (Å²) >= 11 is 0. The van der Waals surface area contributed by atoms with Gasteiger partial charge in [0.05, 0.1) is 12.2 Å². The number of rotatable bonds is 1. The van der Waals surface area contributed by atoms with Crippen molar-refractivity contribution in [1.82, 2.24) is 0 Å². The Hall–Kier alpha value is -1.76. The van der Waals surface area contributed by atoms with Gasteiger partial charge in [-0.3, -0.25) is 4.79 Å². The molecule has 0 aliphatic carbocycles. The smallest absolute Gasteiger partial charge is 0.398 e. The van der Waals surface area contributed by atoms with Crippen LogP contribution < -0.4 is 10.6 Å². The van der Waals surface area contributed by atoms with Crippen LogP contribution in [0.3, 0.4) is 0 Å². The third-order valence-corrected chi connectivity index (χ3v) is 2.64. The summed E-state index contributed by atoms with van der Waals surface area (Å²) in [6, 6.07) is 3.44. The number of halogens is 3. The number of carbonyl (C=O) groups is 1. The lowest BCUT2D eigenvalue weighted by Gasteiger charge is -2.27. The average molecular weight is 260 g/mol. The second kappa shape index (κ2) is 4.49. The molecule has 1 fully saturated rings. The summed E-state index contributed by atoms with van der Waals surface area (Å²) in [5.41, 5.74) is 4.19. The van der Waals surface area contributed by atoms with E-state index in [1.807, 2.05) is 0 Å². The minimum atomic E-state index is -4.53. The van der Waals surface area contributed by atoms with E-state index in [1.165, 1.54) is 11.0 Å². The highest BCUT2D eigenvalue weighted by Gasteiger charge is 2.34. The number of benzene rings is 1. The van der Waals surface area contributed by atoms with E-state index >= 15 is 0 Å². The van der Waals surface area contributed by atoms with Crippen LogP contribution in [0.4, 0.5) is 24.5 Å². The van der Waals surface area contributed by atoms with Crippen LogP contribution in [0, 0.1) is 0 Å². The molecule has 0 spiro atoms. The second-order valence-electron chi connectivity index (χ2n) is 3.87. The number of nitrogens with zero attached hydrogens (tertiary/aromatic N) is 1. The Morgan fingerprint density at radius 2 is 2.06 bits per heavy atom. The lowest BCUT2D eigenvalue weighted by atomic mass is 10.1. The molecule has 1 aromatic rings. The van der Waals surface area contributed by atoms with Gasteiger partial charge in [0.1, 0.15) is 6.61 Å². The van der Waals surface area contributed by atoms with Crippen LogP contribution in [0.15, 0.2) is 18.2 Å². The largest absolute Gasteiger partial charge is 0.418 e. The molecule has 0 aromatic heterocycles. The molecule has 4 nitrogen and oxygen atoms in total. The minimum absolute atomic E-state index is 0.119. The van der Waals surface area contributed by atoms with E-state index < -0.39 is 11.7 Å². The van der Waals surface area contributed by atoms with E-state index in [9.17, 15) is 18.0 Å². The summed E-state index contributed by atoms with van der Waals surface area (Å²) < 4.78 is 43.0. The quantitative estimate of drug-likeness (QED) is 0.781. The number of morpholine rings is 1. The molecular weight excluding hydrogens is 249 g/mol. The number of nitrogen functional groups attached to an aromatic ring is 1. The minimum Gasteiger partial charge on any atom is -0.398 e. The monoisotopic (exact) mass is 260 g/mol. The molecule has 1 heterocycles. The lowest BCUT2D eigenvalue weighted by molar-refractivity contribution is -0.137. The van der Waals surface area contributed by atoms with Gasteiger partial charge in [0.2, 0.25) is 0 Å². The molecule has 0 radical (unpaired) electrons. The maximum Gasteiger partial charge on any atom is 0.418 e. The molecule has 1 aliphatic heterocycles. The molecule has 1 amide bonds. The van der Waals surface area contributed by atoms with E-state index in [1.54, 1.807) is 0 Å². The Balaban J connectivity index is 2.37. The van der Waals surface area contributed by atoms with Crippen LogP contribution >= 0.6 is 0 Å². The van der Waals surface area contributed by atoms with Crippen molar-refractivity contribution < 1.29 is 22.7 Å². The number of ether oxygens (including phenoxy) is 1. The van der Waals surface area contributed by atoms with Gasteiger partial charge in [0.15, 0.2) is 0 Å². The van der Waals surface area contributed by atoms with Gasteiger partial charge in [-0.15, -0.1) is 0 Å². The van der Waals surface area contributed by atoms with E-state index in [4.69, 9.17) is 10.5 Å². The molecule has 98 valence electrons. The normalized spacial score (nSPS) is 17.1. The number of alkyl halides is 3. The van der Waals surface area contributed by atoms with Gasteiger partial charge in [-0.25, -0.2) is 0 Å². The fraction of sp³-hybridized carbons (Fsp3) is 0.364. The summed E-state index contributed by atoms with van der Waals surface area (Å²) in [5, 5.41) is 0. The van der Waals surface area contributed by atoms with Gasteiger partial charge in [-0.05, 0) is 18.2 Å². The first-order valence-electron chi connectivity index (χ1n) is 5.24. The van der Waals surface area contributed by atoms with Crippen molar-refractivity contribution in [3.8, 4) is 0 Å². The molecule has 18 heavy (non-hydrogen) atoms. The Labute approximate surface area is 101 Å². The van der Waals surface area contributed by atoms with Gasteiger partial charge in [-0.1, -0.05) is 0 Å². The fourth-order valence-corrected chi connectivity index (χ4v) is 1.75. The molecule has 1 aliphatic rings. The van der Waals surface area contributed by atoms with Gasteiger partial charge < -0.3 is 15.4 Å². The number of hydrogen-bond acceptors (Lipinski definition) is 3. The topological polar surface area (TPSA) is 55.6 Å². The van der Waals surface area contributed by atoms with Crippen LogP contribution in [0.5, 0.6) is 0 Å². The summed E-state index contributed by atoms with van der Waals surface area (Å²) in [5.74, 6) is -0.362. The highest BCUT2D eigenvalue weighted by Crippen LogP contribution is 2.36. The molecule has 2 rings (SSSR count). The van der Waals surface area contributed by atoms with Crippen molar-refractivity contribution in [2.45, 2.75) is 6.18 Å². The zero-order valence-corrected chi connectivity index (χ0v) is 9.33. The zero-order valence-electron chi connectivity index (χ0n) is 9.33. The van der Waals surface area contributed by atoms with Crippen molar-refractivity contribution in [2.75, 3.05) is 30.4 Å². The maximum atomic E-state index is 12.7. The molecule has 0 saturated carbocycles. The predicted molar refractivity (Wildman–Crippen MR) is 59.0 cm³/mol. The Bertz CT molecular complexity index is 474. The first-order chi connectivity index (χ1) is 8.39. The van der Waals surface area contributed by atoms with Gasteiger partial charge in [0.25, 0.3) is 5.91 Å². The molecule has 7 heteroatoms. The summed E-state index contributed by atoms with van der Waals surface area (Å²) in [6.07, 6.45) is -4.53. The van der Waals surface area contributed by atoms with Crippen LogP contribution in [0.1, 0.15) is 5.56 Å². The summed E-state index contributed by atoms with van der Waals surface area (Å²) in [7, 11) is 0. The van der Waals surface area contributed by atoms with Crippen molar-refractivity contribution >= 4 is 17.3 Å². The number of carbonyl (C=O) groups excluding carboxylic acids is 1. The third kappa shape index (κ3) is 2.40. The van der Waals surface area contributed by atoms with Crippen LogP contribution in [-0.2, 0) is 15.7 Å². The van der Waals surface area contributed by atoms with Gasteiger partial charge >= 0.3 is 6.18 Å². The van der Waals surface area contributed by atoms with Gasteiger partial charge in [0, 0.05) is 17.9 Å². The SMILES string of the molecule is Nc1ccc(N2CCOCC2=O)cc1C(F)(F)F. The number of hydrogen-bond donors (Lipinski definition) is 1. The highest BCUT2D eigenvalue weighted by atomic mass is 19.4. The molecule has 2 N–H and O–H groups in total. The Morgan fingerprint density at radius 3 is 2.67 bits per heavy atom. The van der Waals surface area contributed by atoms with Gasteiger partial charge in [-0.2, -0.15) is 13.2 Å². The number of anilines is 2. The van der Waals surface area contributed by atoms with E-state index in [0.717, 1.165) is 12.1 Å². The van der Waals surface area contributed by atoms with Crippen molar-refractivity contribution in [2.24, 2.45) is 0 Å². The van der Waals surface area contributed by atoms with Crippen LogP contribution in [0.25, 0.3) is 0 Å². The molecule has 0 bridgehead atoms. The van der Waals surface area contributed by atoms with E-state index in [2.05, 4.69) is 0 Å². The molecule has 0 atom stereocenters. The van der Waals surface area contributed by atoms with E-state index in [-0.39, 0.29) is 30.4 Å². The molecule has 1 saturated heterocycles. The van der Waals surface area contributed by atoms with Crippen molar-refractivity contribution in [3.63, 3.8) is 0 Å². The maximum absolute atomic E-state index is 12.7. The van der Waals surface area contributed by atoms with Crippen molar-refractivity contribution in [3.05, 3.63) is 23.8 Å². The van der Waals surface area contributed by atoms with Crippen LogP contribution in [-0.4, -0.2) is 25.7 Å². The molecular formula is C11H11F3N2O2. The highest BCUT2D eigenvalue weighted by molar-refractivity contribution is 5.95. The Morgan fingerprint density at radius 1 is 1.33 bits per heavy atom. The molecule has 1 aromatic carbocycles. The first kappa shape index (κ1) is 12.7. The Kier molecular flexibility index (Phi) is 3.16. The molecule has 0 unspecified atom stereocenters. The standard InChI is InChI=1S/C11H11F3N2O2/c12-11(13,14)8-5-7(1-2-9(8)15)16-3-4-18-6-10(16)17/h1-2,5H,3-4,6,15H2. The van der Waals surface area contributed by atoms with Crippen molar-refractivity contribution in [1.29, 1.82) is 0 Å². The summed E-state index contributed by atoms with van der Waals surface area (Å²) in [6.45, 7) is 0.420. The van der Waals surface area contributed by atoms with E-state index in [0.29, 0.717) is 6.61 Å². The van der Waals surface area contributed by atoms with Crippen LogP contribution in [0.2, 0.25) is 0 Å². The number of nitrogens with two attached hydrogens (primary N) is 1. The first-order valence-corrected chi connectivity index (χ1v) is 5.24. The average Bonchev–Trinajstić information content (AvgIpc) is 2.29. The lowest BCUT2D eigenvalue weighted by Crippen LogP contribution is -2.41. The summed E-state index contributed by atoms with van der Waals surface area (Å²) in [4.78, 5) is 12.8. The third-order valence-electron chi connectivity index (χ3n) is 2.64. The fourth-order valence-electron chi connectivity index (χ4n) is 1.75. The predicted octanol–water partition coefficient (Wildman–Crippen LogP) is 1.65. The zero-order chi connectivity index (χ0) is 13.3.